The summed E-state index contributed by atoms with van der Waals surface area (Å²) < 4.78 is 4.47. The second-order valence-electron chi connectivity index (χ2n) is 2.87. The monoisotopic (exact) mass is 209 g/mol. The Bertz CT molecular complexity index is 400. The second kappa shape index (κ2) is 4.45. The molecule has 1 amide bonds. The number of anilines is 1. The Labute approximate surface area is 86.7 Å². The number of phenols is 1. The highest BCUT2D eigenvalue weighted by Crippen LogP contribution is 2.27. The molecule has 0 aliphatic rings. The van der Waals surface area contributed by atoms with Gasteiger partial charge in [-0.05, 0) is 12.1 Å². The Balaban J connectivity index is 3.11. The minimum Gasteiger partial charge on any atom is -0.505 e. The third-order valence-corrected chi connectivity index (χ3v) is 1.75. The summed E-state index contributed by atoms with van der Waals surface area (Å²) in [7, 11) is 1.22. The zero-order valence-electron chi connectivity index (χ0n) is 8.40. The van der Waals surface area contributed by atoms with Gasteiger partial charge >= 0.3 is 5.97 Å². The molecule has 5 heteroatoms. The van der Waals surface area contributed by atoms with Crippen molar-refractivity contribution in [1.82, 2.24) is 0 Å². The number of hydrogen-bond acceptors (Lipinski definition) is 4. The number of amides is 1. The molecule has 2 N–H and O–H groups in total. The van der Waals surface area contributed by atoms with Crippen molar-refractivity contribution in [1.29, 1.82) is 0 Å². The first-order chi connectivity index (χ1) is 7.06. The summed E-state index contributed by atoms with van der Waals surface area (Å²) in [4.78, 5) is 22.0. The smallest absolute Gasteiger partial charge is 0.341 e. The lowest BCUT2D eigenvalue weighted by atomic mass is 10.1. The third-order valence-electron chi connectivity index (χ3n) is 1.75. The zero-order valence-corrected chi connectivity index (χ0v) is 8.40. The predicted molar refractivity (Wildman–Crippen MR) is 53.8 cm³/mol. The molecule has 0 aromatic heterocycles. The normalized spacial score (nSPS) is 9.47. The van der Waals surface area contributed by atoms with Gasteiger partial charge in [0.2, 0.25) is 5.91 Å². The molecule has 0 unspecified atom stereocenters. The van der Waals surface area contributed by atoms with Gasteiger partial charge in [0, 0.05) is 6.92 Å². The van der Waals surface area contributed by atoms with Crippen molar-refractivity contribution in [3.05, 3.63) is 23.8 Å². The van der Waals surface area contributed by atoms with E-state index < -0.39 is 5.97 Å². The van der Waals surface area contributed by atoms with E-state index in [9.17, 15) is 14.7 Å². The van der Waals surface area contributed by atoms with Gasteiger partial charge in [-0.1, -0.05) is 6.07 Å². The molecule has 1 rings (SSSR count). The van der Waals surface area contributed by atoms with Crippen LogP contribution in [0.5, 0.6) is 5.75 Å². The molecule has 0 bridgehead atoms. The summed E-state index contributed by atoms with van der Waals surface area (Å²) in [5.41, 5.74) is 0.203. The predicted octanol–water partition coefficient (Wildman–Crippen LogP) is 1.14. The lowest BCUT2D eigenvalue weighted by Crippen LogP contribution is -2.08. The molecule has 15 heavy (non-hydrogen) atoms. The van der Waals surface area contributed by atoms with E-state index in [2.05, 4.69) is 10.1 Å². The molecular weight excluding hydrogens is 198 g/mol. The molecule has 1 aromatic carbocycles. The molecule has 1 aromatic rings. The van der Waals surface area contributed by atoms with Crippen molar-refractivity contribution in [2.75, 3.05) is 12.4 Å². The number of carbonyl (C=O) groups is 2. The molecule has 0 aliphatic carbocycles. The lowest BCUT2D eigenvalue weighted by Gasteiger charge is -2.08. The Hall–Kier alpha value is -2.04. The fraction of sp³-hybridized carbons (Fsp3) is 0.200. The maximum absolute atomic E-state index is 11.2. The summed E-state index contributed by atoms with van der Waals surface area (Å²) in [5, 5.41) is 12.0. The molecule has 0 aliphatic heterocycles. The summed E-state index contributed by atoms with van der Waals surface area (Å²) in [6.45, 7) is 1.31. The third kappa shape index (κ3) is 2.46. The van der Waals surface area contributed by atoms with E-state index >= 15 is 0 Å². The molecular formula is C10H11NO4. The minimum absolute atomic E-state index is 0.0174. The molecule has 5 nitrogen and oxygen atoms in total. The van der Waals surface area contributed by atoms with Crippen molar-refractivity contribution in [2.45, 2.75) is 6.92 Å². The van der Waals surface area contributed by atoms with Crippen LogP contribution in [-0.4, -0.2) is 24.1 Å². The molecule has 0 fully saturated rings. The quantitative estimate of drug-likeness (QED) is 0.565. The summed E-state index contributed by atoms with van der Waals surface area (Å²) >= 11 is 0. The summed E-state index contributed by atoms with van der Waals surface area (Å²) in [6.07, 6.45) is 0. The zero-order chi connectivity index (χ0) is 11.4. The number of hydrogen-bond donors (Lipinski definition) is 2. The number of esters is 1. The summed E-state index contributed by atoms with van der Waals surface area (Å²) in [6, 6.07) is 4.44. The largest absolute Gasteiger partial charge is 0.505 e. The van der Waals surface area contributed by atoms with Gasteiger partial charge in [0.15, 0.2) is 5.75 Å². The van der Waals surface area contributed by atoms with Gasteiger partial charge < -0.3 is 15.2 Å². The first kappa shape index (κ1) is 11.0. The molecule has 0 atom stereocenters. The number of rotatable bonds is 2. The number of para-hydroxylation sites is 1. The fourth-order valence-corrected chi connectivity index (χ4v) is 1.11. The van der Waals surface area contributed by atoms with Gasteiger partial charge in [-0.15, -0.1) is 0 Å². The van der Waals surface area contributed by atoms with E-state index in [4.69, 9.17) is 0 Å². The van der Waals surface area contributed by atoms with E-state index in [1.54, 1.807) is 0 Å². The topological polar surface area (TPSA) is 75.6 Å². The maximum atomic E-state index is 11.2. The number of phenolic OH excluding ortho intramolecular Hbond substituents is 1. The Kier molecular flexibility index (Phi) is 3.28. The van der Waals surface area contributed by atoms with Crippen LogP contribution in [0, 0.1) is 0 Å². The average molecular weight is 209 g/mol. The van der Waals surface area contributed by atoms with Crippen molar-refractivity contribution in [3.63, 3.8) is 0 Å². The number of benzene rings is 1. The Morgan fingerprint density at radius 2 is 2.07 bits per heavy atom. The molecule has 0 radical (unpaired) electrons. The first-order valence-corrected chi connectivity index (χ1v) is 4.24. The lowest BCUT2D eigenvalue weighted by molar-refractivity contribution is -0.114. The first-order valence-electron chi connectivity index (χ1n) is 4.24. The van der Waals surface area contributed by atoms with Crippen molar-refractivity contribution >= 4 is 17.6 Å². The van der Waals surface area contributed by atoms with Gasteiger partial charge in [-0.2, -0.15) is 0 Å². The van der Waals surface area contributed by atoms with Crippen LogP contribution < -0.4 is 5.32 Å². The van der Waals surface area contributed by atoms with Gasteiger partial charge in [0.1, 0.15) is 5.56 Å². The molecule has 0 spiro atoms. The number of carbonyl (C=O) groups excluding carboxylic acids is 2. The second-order valence-corrected chi connectivity index (χ2v) is 2.87. The van der Waals surface area contributed by atoms with E-state index in [1.807, 2.05) is 0 Å². The Morgan fingerprint density at radius 1 is 1.40 bits per heavy atom. The number of aromatic hydroxyl groups is 1. The fourth-order valence-electron chi connectivity index (χ4n) is 1.11. The van der Waals surface area contributed by atoms with Crippen LogP contribution in [0.3, 0.4) is 0 Å². The van der Waals surface area contributed by atoms with Crippen LogP contribution in [0.2, 0.25) is 0 Å². The van der Waals surface area contributed by atoms with E-state index in [1.165, 1.54) is 32.2 Å². The van der Waals surface area contributed by atoms with E-state index in [0.29, 0.717) is 0 Å². The van der Waals surface area contributed by atoms with Gasteiger partial charge in [0.05, 0.1) is 12.8 Å². The highest BCUT2D eigenvalue weighted by molar-refractivity contribution is 5.97. The summed E-state index contributed by atoms with van der Waals surface area (Å²) in [5.74, 6) is -1.27. The molecule has 0 heterocycles. The van der Waals surface area contributed by atoms with Crippen LogP contribution in [-0.2, 0) is 9.53 Å². The van der Waals surface area contributed by atoms with Crippen LogP contribution in [0.15, 0.2) is 18.2 Å². The molecule has 0 saturated heterocycles. The van der Waals surface area contributed by atoms with Crippen LogP contribution in [0.25, 0.3) is 0 Å². The van der Waals surface area contributed by atoms with Gasteiger partial charge in [-0.25, -0.2) is 4.79 Å². The highest BCUT2D eigenvalue weighted by atomic mass is 16.5. The minimum atomic E-state index is -0.653. The number of methoxy groups -OCH3 is 1. The number of nitrogens with one attached hydrogen (secondary N) is 1. The van der Waals surface area contributed by atoms with Crippen LogP contribution >= 0.6 is 0 Å². The van der Waals surface area contributed by atoms with Gasteiger partial charge in [0.25, 0.3) is 0 Å². The SMILES string of the molecule is COC(=O)c1cccc(NC(C)=O)c1O. The number of ether oxygens (including phenoxy) is 1. The van der Waals surface area contributed by atoms with Crippen molar-refractivity contribution in [2.24, 2.45) is 0 Å². The van der Waals surface area contributed by atoms with Crippen LogP contribution in [0.1, 0.15) is 17.3 Å². The standard InChI is InChI=1S/C10H11NO4/c1-6(12)11-8-5-3-4-7(9(8)13)10(14)15-2/h3-5,13H,1-2H3,(H,11,12). The maximum Gasteiger partial charge on any atom is 0.341 e. The van der Waals surface area contributed by atoms with E-state index in [0.717, 1.165) is 0 Å². The van der Waals surface area contributed by atoms with Crippen molar-refractivity contribution < 1.29 is 19.4 Å². The van der Waals surface area contributed by atoms with Gasteiger partial charge in [-0.3, -0.25) is 4.79 Å². The highest BCUT2D eigenvalue weighted by Gasteiger charge is 2.14. The molecule has 80 valence electrons. The Morgan fingerprint density at radius 3 is 2.60 bits per heavy atom. The average Bonchev–Trinajstić information content (AvgIpc) is 2.19. The van der Waals surface area contributed by atoms with Crippen LogP contribution in [0.4, 0.5) is 5.69 Å². The van der Waals surface area contributed by atoms with Crippen molar-refractivity contribution in [3.8, 4) is 5.75 Å². The molecule has 0 saturated carbocycles. The van der Waals surface area contributed by atoms with E-state index in [-0.39, 0.29) is 22.9 Å².